The lowest BCUT2D eigenvalue weighted by Crippen LogP contribution is -2.35. The Labute approximate surface area is 228 Å². The van der Waals surface area contributed by atoms with Crippen LogP contribution in [0.1, 0.15) is 26.4 Å². The lowest BCUT2D eigenvalue weighted by Gasteiger charge is -2.10. The molecule has 3 amide bonds. The number of nitro benzene ring substituents is 1. The SMILES string of the molecule is O=C(NC(=O)c1nn(-c2ccc([N+](=O)[O-])cc2)c(-c2ccccc2)c1C(=O)c1ccccc1)Nc1ccccc1. The second-order valence-corrected chi connectivity index (χ2v) is 8.59. The molecule has 4 aromatic carbocycles. The van der Waals surface area contributed by atoms with Gasteiger partial charge in [-0.15, -0.1) is 0 Å². The van der Waals surface area contributed by atoms with Crippen molar-refractivity contribution in [1.29, 1.82) is 0 Å². The van der Waals surface area contributed by atoms with Crippen molar-refractivity contribution in [3.63, 3.8) is 0 Å². The van der Waals surface area contributed by atoms with Crippen molar-refractivity contribution in [2.24, 2.45) is 0 Å². The second-order valence-electron chi connectivity index (χ2n) is 8.59. The topological polar surface area (TPSA) is 136 Å². The minimum absolute atomic E-state index is 0.0271. The molecule has 10 heteroatoms. The largest absolute Gasteiger partial charge is 0.326 e. The fourth-order valence-corrected chi connectivity index (χ4v) is 4.14. The number of imide groups is 1. The molecule has 1 heterocycles. The molecule has 5 aromatic rings. The molecule has 0 aliphatic rings. The molecule has 40 heavy (non-hydrogen) atoms. The van der Waals surface area contributed by atoms with E-state index in [4.69, 9.17) is 0 Å². The predicted molar refractivity (Wildman–Crippen MR) is 148 cm³/mol. The Morgan fingerprint density at radius 2 is 1.32 bits per heavy atom. The van der Waals surface area contributed by atoms with Crippen LogP contribution in [0.25, 0.3) is 16.9 Å². The lowest BCUT2D eigenvalue weighted by atomic mass is 9.97. The molecule has 0 fully saturated rings. The van der Waals surface area contributed by atoms with E-state index in [-0.39, 0.29) is 22.6 Å². The molecule has 0 aliphatic heterocycles. The fraction of sp³-hybridized carbons (Fsp3) is 0. The molecule has 0 spiro atoms. The van der Waals surface area contributed by atoms with Crippen molar-refractivity contribution in [3.8, 4) is 16.9 Å². The first-order chi connectivity index (χ1) is 19.4. The number of hydrogen-bond acceptors (Lipinski definition) is 6. The zero-order chi connectivity index (χ0) is 28.1. The van der Waals surface area contributed by atoms with Gasteiger partial charge in [-0.25, -0.2) is 9.48 Å². The number of hydrogen-bond donors (Lipinski definition) is 2. The van der Waals surface area contributed by atoms with Gasteiger partial charge in [-0.3, -0.25) is 25.0 Å². The van der Waals surface area contributed by atoms with Gasteiger partial charge >= 0.3 is 6.03 Å². The van der Waals surface area contributed by atoms with E-state index in [1.165, 1.54) is 28.9 Å². The molecule has 0 unspecified atom stereocenters. The number of anilines is 1. The van der Waals surface area contributed by atoms with Crippen molar-refractivity contribution in [2.45, 2.75) is 0 Å². The highest BCUT2D eigenvalue weighted by Gasteiger charge is 2.31. The summed E-state index contributed by atoms with van der Waals surface area (Å²) in [5, 5.41) is 20.5. The van der Waals surface area contributed by atoms with Crippen LogP contribution in [-0.4, -0.2) is 32.4 Å². The maximum Gasteiger partial charge on any atom is 0.326 e. The van der Waals surface area contributed by atoms with Crippen LogP contribution in [0.5, 0.6) is 0 Å². The smallest absolute Gasteiger partial charge is 0.308 e. The Balaban J connectivity index is 1.66. The monoisotopic (exact) mass is 531 g/mol. The second kappa shape index (κ2) is 11.2. The summed E-state index contributed by atoms with van der Waals surface area (Å²) in [6.07, 6.45) is 0. The third-order valence-electron chi connectivity index (χ3n) is 5.97. The van der Waals surface area contributed by atoms with Crippen molar-refractivity contribution in [2.75, 3.05) is 5.32 Å². The standard InChI is InChI=1S/C30H21N5O5/c36-28(21-12-6-2-7-13-21)25-26(29(37)32-30(38)31-22-14-8-3-9-15-22)33-34(27(25)20-10-4-1-5-11-20)23-16-18-24(19-17-23)35(39)40/h1-19H,(H2,31,32,37,38). The van der Waals surface area contributed by atoms with Crippen molar-refractivity contribution < 1.29 is 19.3 Å². The highest BCUT2D eigenvalue weighted by atomic mass is 16.6. The molecule has 2 N–H and O–H groups in total. The van der Waals surface area contributed by atoms with Gasteiger partial charge < -0.3 is 5.32 Å². The van der Waals surface area contributed by atoms with Crippen LogP contribution in [0.4, 0.5) is 16.2 Å². The number of rotatable bonds is 7. The minimum atomic E-state index is -0.898. The first-order valence-electron chi connectivity index (χ1n) is 12.1. The molecule has 0 atom stereocenters. The van der Waals surface area contributed by atoms with Gasteiger partial charge in [0.1, 0.15) is 0 Å². The van der Waals surface area contributed by atoms with Crippen LogP contribution in [0.15, 0.2) is 115 Å². The van der Waals surface area contributed by atoms with Crippen molar-refractivity contribution in [1.82, 2.24) is 15.1 Å². The molecule has 10 nitrogen and oxygen atoms in total. The summed E-state index contributed by atoms with van der Waals surface area (Å²) in [5.74, 6) is -1.38. The first kappa shape index (κ1) is 25.7. The molecule has 1 aromatic heterocycles. The number of amides is 3. The quantitative estimate of drug-likeness (QED) is 0.158. The zero-order valence-corrected chi connectivity index (χ0v) is 20.9. The molecule has 5 rings (SSSR count). The molecule has 0 aliphatic carbocycles. The summed E-state index contributed by atoms with van der Waals surface area (Å²) in [5.41, 5.74) is 1.57. The van der Waals surface area contributed by atoms with E-state index in [0.717, 1.165) is 0 Å². The Hall–Kier alpha value is -5.90. The number of aromatic nitrogens is 2. The third kappa shape index (κ3) is 5.36. The Bertz CT molecular complexity index is 1700. The average Bonchev–Trinajstić information content (AvgIpc) is 3.39. The molecular formula is C30H21N5O5. The molecular weight excluding hydrogens is 510 g/mol. The number of carbonyl (C=O) groups is 3. The van der Waals surface area contributed by atoms with E-state index < -0.39 is 22.6 Å². The van der Waals surface area contributed by atoms with Gasteiger partial charge in [-0.1, -0.05) is 78.9 Å². The van der Waals surface area contributed by atoms with Gasteiger partial charge in [-0.2, -0.15) is 5.10 Å². The maximum atomic E-state index is 13.9. The molecule has 196 valence electrons. The first-order valence-corrected chi connectivity index (χ1v) is 12.1. The number of ketones is 1. The summed E-state index contributed by atoms with van der Waals surface area (Å²) in [4.78, 5) is 50.7. The number of non-ortho nitro benzene ring substituents is 1. The van der Waals surface area contributed by atoms with Crippen LogP contribution in [0.3, 0.4) is 0 Å². The summed E-state index contributed by atoms with van der Waals surface area (Å²) in [6, 6.07) is 30.5. The van der Waals surface area contributed by atoms with Gasteiger partial charge in [0.25, 0.3) is 11.6 Å². The van der Waals surface area contributed by atoms with Gasteiger partial charge in [0.05, 0.1) is 21.9 Å². The number of nitrogens with zero attached hydrogens (tertiary/aromatic N) is 3. The number of urea groups is 1. The van der Waals surface area contributed by atoms with Crippen LogP contribution < -0.4 is 10.6 Å². The zero-order valence-electron chi connectivity index (χ0n) is 20.9. The molecule has 0 radical (unpaired) electrons. The van der Waals surface area contributed by atoms with Gasteiger partial charge in [0, 0.05) is 28.9 Å². The van der Waals surface area contributed by atoms with E-state index in [1.807, 2.05) is 0 Å². The number of nitrogens with one attached hydrogen (secondary N) is 2. The molecule has 0 bridgehead atoms. The van der Waals surface area contributed by atoms with E-state index in [2.05, 4.69) is 15.7 Å². The van der Waals surface area contributed by atoms with E-state index in [0.29, 0.717) is 22.5 Å². The van der Waals surface area contributed by atoms with Gasteiger partial charge in [-0.05, 0) is 24.3 Å². The van der Waals surface area contributed by atoms with Gasteiger partial charge in [0.15, 0.2) is 11.5 Å². The highest BCUT2D eigenvalue weighted by molar-refractivity contribution is 6.20. The predicted octanol–water partition coefficient (Wildman–Crippen LogP) is 5.64. The van der Waals surface area contributed by atoms with Crippen molar-refractivity contribution >= 4 is 29.1 Å². The van der Waals surface area contributed by atoms with Crippen LogP contribution in [-0.2, 0) is 0 Å². The Kier molecular flexibility index (Phi) is 7.23. The lowest BCUT2D eigenvalue weighted by molar-refractivity contribution is -0.384. The van der Waals surface area contributed by atoms with Crippen LogP contribution >= 0.6 is 0 Å². The summed E-state index contributed by atoms with van der Waals surface area (Å²) < 4.78 is 1.37. The van der Waals surface area contributed by atoms with Crippen LogP contribution in [0.2, 0.25) is 0 Å². The molecule has 0 saturated heterocycles. The normalized spacial score (nSPS) is 10.5. The molecule has 0 saturated carbocycles. The fourth-order valence-electron chi connectivity index (χ4n) is 4.14. The Morgan fingerprint density at radius 3 is 1.93 bits per heavy atom. The average molecular weight is 532 g/mol. The van der Waals surface area contributed by atoms with Gasteiger partial charge in [0.2, 0.25) is 0 Å². The summed E-state index contributed by atoms with van der Waals surface area (Å²) >= 11 is 0. The van der Waals surface area contributed by atoms with Crippen LogP contribution in [0, 0.1) is 10.1 Å². The number of para-hydroxylation sites is 1. The number of nitro groups is 1. The number of benzene rings is 4. The summed E-state index contributed by atoms with van der Waals surface area (Å²) in [7, 11) is 0. The van der Waals surface area contributed by atoms with E-state index in [1.54, 1.807) is 91.0 Å². The maximum absolute atomic E-state index is 13.9. The Morgan fingerprint density at radius 1 is 0.750 bits per heavy atom. The van der Waals surface area contributed by atoms with E-state index in [9.17, 15) is 24.5 Å². The summed E-state index contributed by atoms with van der Waals surface area (Å²) in [6.45, 7) is 0. The third-order valence-corrected chi connectivity index (χ3v) is 5.97. The number of carbonyl (C=O) groups excluding carboxylic acids is 3. The van der Waals surface area contributed by atoms with E-state index >= 15 is 0 Å². The van der Waals surface area contributed by atoms with Crippen molar-refractivity contribution in [3.05, 3.63) is 142 Å². The minimum Gasteiger partial charge on any atom is -0.308 e. The highest BCUT2D eigenvalue weighted by Crippen LogP contribution is 2.32.